The first kappa shape index (κ1) is 21.2. The molecule has 0 aliphatic heterocycles. The van der Waals surface area contributed by atoms with Gasteiger partial charge in [0.2, 0.25) is 0 Å². The molecule has 126 valence electrons. The van der Waals surface area contributed by atoms with Crippen LogP contribution in [0.15, 0.2) is 0 Å². The lowest BCUT2D eigenvalue weighted by Crippen LogP contribution is -2.53. The molecule has 0 saturated heterocycles. The lowest BCUT2D eigenvalue weighted by molar-refractivity contribution is -0.117. The zero-order valence-corrected chi connectivity index (χ0v) is 16.2. The van der Waals surface area contributed by atoms with Gasteiger partial charge in [-0.3, -0.25) is 0 Å². The predicted octanol–water partition coefficient (Wildman–Crippen LogP) is 4.68. The van der Waals surface area contributed by atoms with Crippen molar-refractivity contribution in [2.75, 3.05) is 13.2 Å². The Labute approximate surface area is 137 Å². The van der Waals surface area contributed by atoms with Crippen LogP contribution in [-0.2, 0) is 14.3 Å². The lowest BCUT2D eigenvalue weighted by Gasteiger charge is -2.32. The number of thiol groups is 1. The van der Waals surface area contributed by atoms with Crippen LogP contribution >= 0.6 is 12.1 Å². The molecule has 0 radical (unpaired) electrons. The summed E-state index contributed by atoms with van der Waals surface area (Å²) in [5, 5.41) is 0.302. The van der Waals surface area contributed by atoms with Crippen LogP contribution in [0.2, 0.25) is 6.04 Å². The molecule has 0 rings (SSSR count). The van der Waals surface area contributed by atoms with E-state index in [4.69, 9.17) is 21.6 Å². The van der Waals surface area contributed by atoms with Crippen molar-refractivity contribution < 1.29 is 14.3 Å². The van der Waals surface area contributed by atoms with Crippen molar-refractivity contribution in [2.24, 2.45) is 0 Å². The van der Waals surface area contributed by atoms with Crippen molar-refractivity contribution >= 4 is 24.7 Å². The molecule has 0 fully saturated rings. The van der Waals surface area contributed by atoms with Gasteiger partial charge in [-0.1, -0.05) is 46.0 Å². The highest BCUT2D eigenvalue weighted by atomic mass is 32.3. The lowest BCUT2D eigenvalue weighted by atomic mass is 10.1. The van der Waals surface area contributed by atoms with Gasteiger partial charge in [-0.2, -0.15) is 12.1 Å². The maximum Gasteiger partial charge on any atom is 0.250 e. The van der Waals surface area contributed by atoms with Gasteiger partial charge >= 0.3 is 0 Å². The van der Waals surface area contributed by atoms with Crippen LogP contribution in [0, 0.1) is 0 Å². The number of rotatable bonds is 14. The highest BCUT2D eigenvalue weighted by Gasteiger charge is 2.46. The standard InChI is InChI=1S/C16H34O3SSi/c1-5-9-10-11-12-13-15(17)21(20,14-6-2)16(18-7-3)19-8-4/h16,20H,5-14H2,1-4H3. The maximum absolute atomic E-state index is 12.7. The number of carbonyl (C=O) groups is 1. The van der Waals surface area contributed by atoms with Crippen LogP contribution in [0.25, 0.3) is 0 Å². The Morgan fingerprint density at radius 3 is 2.00 bits per heavy atom. The smallest absolute Gasteiger partial charge is 0.250 e. The molecule has 1 atom stereocenters. The van der Waals surface area contributed by atoms with Crippen LogP contribution in [0.1, 0.15) is 72.6 Å². The third-order valence-electron chi connectivity index (χ3n) is 3.65. The zero-order chi connectivity index (χ0) is 16.1. The average Bonchev–Trinajstić information content (AvgIpc) is 2.46. The molecule has 3 nitrogen and oxygen atoms in total. The van der Waals surface area contributed by atoms with Crippen LogP contribution in [0.3, 0.4) is 0 Å². The molecular formula is C16H34O3SSi. The first-order chi connectivity index (χ1) is 10.1. The van der Waals surface area contributed by atoms with E-state index >= 15 is 0 Å². The molecule has 0 bridgehead atoms. The molecule has 0 aromatic rings. The minimum atomic E-state index is -2.48. The van der Waals surface area contributed by atoms with Crippen molar-refractivity contribution in [1.82, 2.24) is 0 Å². The summed E-state index contributed by atoms with van der Waals surface area (Å²) in [5.41, 5.74) is 0. The van der Waals surface area contributed by atoms with Crippen molar-refractivity contribution in [3.63, 3.8) is 0 Å². The van der Waals surface area contributed by atoms with Gasteiger partial charge in [0, 0.05) is 19.6 Å². The molecule has 0 aromatic heterocycles. The van der Waals surface area contributed by atoms with E-state index in [9.17, 15) is 4.79 Å². The van der Waals surface area contributed by atoms with Gasteiger partial charge in [-0.25, -0.2) is 0 Å². The Bertz CT molecular complexity index is 270. The normalized spacial score (nSPS) is 14.4. The second kappa shape index (κ2) is 12.7. The summed E-state index contributed by atoms with van der Waals surface area (Å²) in [7, 11) is -2.48. The Kier molecular flexibility index (Phi) is 12.8. The number of ether oxygens (including phenoxy) is 2. The quantitative estimate of drug-likeness (QED) is 0.217. The summed E-state index contributed by atoms with van der Waals surface area (Å²) in [6, 6.07) is 0.828. The number of hydrogen-bond donors (Lipinski definition) is 1. The molecule has 0 saturated carbocycles. The first-order valence-corrected chi connectivity index (χ1v) is 12.1. The Morgan fingerprint density at radius 1 is 0.952 bits per heavy atom. The zero-order valence-electron chi connectivity index (χ0n) is 14.3. The fourth-order valence-corrected chi connectivity index (χ4v) is 6.99. The van der Waals surface area contributed by atoms with Crippen LogP contribution < -0.4 is 0 Å². The van der Waals surface area contributed by atoms with E-state index in [1.807, 2.05) is 13.8 Å². The highest BCUT2D eigenvalue weighted by molar-refractivity contribution is 8.18. The van der Waals surface area contributed by atoms with E-state index in [2.05, 4.69) is 13.8 Å². The molecular weight excluding hydrogens is 300 g/mol. The third-order valence-corrected chi connectivity index (χ3v) is 9.29. The minimum absolute atomic E-state index is 0.302. The first-order valence-electron chi connectivity index (χ1n) is 8.55. The molecule has 0 aliphatic carbocycles. The predicted molar refractivity (Wildman–Crippen MR) is 95.3 cm³/mol. The molecule has 0 amide bonds. The Morgan fingerprint density at radius 2 is 1.52 bits per heavy atom. The molecule has 0 spiro atoms. The van der Waals surface area contributed by atoms with E-state index in [-0.39, 0.29) is 0 Å². The molecule has 5 heteroatoms. The second-order valence-electron chi connectivity index (χ2n) is 5.50. The van der Waals surface area contributed by atoms with Gasteiger partial charge in [0.25, 0.3) is 7.22 Å². The second-order valence-corrected chi connectivity index (χ2v) is 11.3. The fourth-order valence-electron chi connectivity index (χ4n) is 2.50. The monoisotopic (exact) mass is 334 g/mol. The number of carbonyl (C=O) groups excluding carboxylic acids is 1. The van der Waals surface area contributed by atoms with E-state index in [0.29, 0.717) is 25.0 Å². The van der Waals surface area contributed by atoms with Gasteiger partial charge in [-0.05, 0) is 26.3 Å². The Hall–Kier alpha value is 0.157. The summed E-state index contributed by atoms with van der Waals surface area (Å²) in [5.74, 6) is -0.404. The Balaban J connectivity index is 4.61. The summed E-state index contributed by atoms with van der Waals surface area (Å²) in [6.07, 6.45) is 7.41. The summed E-state index contributed by atoms with van der Waals surface area (Å²) in [6.45, 7) is 9.31. The van der Waals surface area contributed by atoms with Gasteiger partial charge < -0.3 is 14.3 Å². The van der Waals surface area contributed by atoms with Crippen molar-refractivity contribution in [3.8, 4) is 0 Å². The number of hydrogen-bond acceptors (Lipinski definition) is 4. The summed E-state index contributed by atoms with van der Waals surface area (Å²) in [4.78, 5) is 12.7. The third kappa shape index (κ3) is 7.82. The van der Waals surface area contributed by atoms with E-state index in [0.717, 1.165) is 25.3 Å². The molecule has 0 aliphatic rings. The van der Waals surface area contributed by atoms with Crippen molar-refractivity contribution in [2.45, 2.75) is 84.6 Å². The largest absolute Gasteiger partial charge is 0.355 e. The van der Waals surface area contributed by atoms with Crippen LogP contribution in [-0.4, -0.2) is 31.8 Å². The van der Waals surface area contributed by atoms with Gasteiger partial charge in [0.15, 0.2) is 5.91 Å². The van der Waals surface area contributed by atoms with E-state index in [1.165, 1.54) is 19.3 Å². The number of unbranched alkanes of at least 4 members (excludes halogenated alkanes) is 4. The molecule has 21 heavy (non-hydrogen) atoms. The van der Waals surface area contributed by atoms with Crippen LogP contribution in [0.5, 0.6) is 0 Å². The van der Waals surface area contributed by atoms with Crippen molar-refractivity contribution in [3.05, 3.63) is 0 Å². The van der Waals surface area contributed by atoms with Gasteiger partial charge in [0.1, 0.15) is 5.41 Å². The maximum atomic E-state index is 12.7. The van der Waals surface area contributed by atoms with Crippen molar-refractivity contribution in [1.29, 1.82) is 0 Å². The summed E-state index contributed by atoms with van der Waals surface area (Å²) < 4.78 is 11.4. The molecule has 0 aromatic carbocycles. The molecule has 0 heterocycles. The molecule has 0 N–H and O–H groups in total. The van der Waals surface area contributed by atoms with E-state index < -0.39 is 13.1 Å². The SMILES string of the molecule is CCCCCCCC(=O)[Si](S)(CCC)C(OCC)OCC. The van der Waals surface area contributed by atoms with Gasteiger partial charge in [0.05, 0.1) is 0 Å². The van der Waals surface area contributed by atoms with E-state index in [1.54, 1.807) is 0 Å². The topological polar surface area (TPSA) is 35.5 Å². The van der Waals surface area contributed by atoms with Crippen LogP contribution in [0.4, 0.5) is 0 Å². The fraction of sp³-hybridized carbons (Fsp3) is 0.938. The average molecular weight is 335 g/mol. The highest BCUT2D eigenvalue weighted by Crippen LogP contribution is 2.28. The molecule has 1 unspecified atom stereocenters. The minimum Gasteiger partial charge on any atom is -0.355 e. The van der Waals surface area contributed by atoms with Gasteiger partial charge in [-0.15, -0.1) is 0 Å². The summed E-state index contributed by atoms with van der Waals surface area (Å²) >= 11 is 4.84.